The van der Waals surface area contributed by atoms with Gasteiger partial charge in [-0.05, 0) is 87.7 Å². The number of rotatable bonds is 7. The average molecular weight is 425 g/mol. The van der Waals surface area contributed by atoms with Crippen molar-refractivity contribution in [3.63, 3.8) is 0 Å². The van der Waals surface area contributed by atoms with E-state index < -0.39 is 0 Å². The van der Waals surface area contributed by atoms with Gasteiger partial charge in [0.2, 0.25) is 0 Å². The third-order valence-electron chi connectivity index (χ3n) is 6.78. The second-order valence-corrected chi connectivity index (χ2v) is 8.92. The number of piperidine rings is 2. The van der Waals surface area contributed by atoms with Gasteiger partial charge in [-0.25, -0.2) is 0 Å². The van der Waals surface area contributed by atoms with Crippen molar-refractivity contribution in [1.82, 2.24) is 10.2 Å². The van der Waals surface area contributed by atoms with Gasteiger partial charge in [-0.15, -0.1) is 0 Å². The Morgan fingerprint density at radius 1 is 0.710 bits per heavy atom. The lowest BCUT2D eigenvalue weighted by Gasteiger charge is -2.38. The van der Waals surface area contributed by atoms with Gasteiger partial charge in [0, 0.05) is 13.2 Å². The van der Waals surface area contributed by atoms with E-state index in [1.54, 1.807) is 0 Å². The molecule has 3 N–H and O–H groups in total. The maximum absolute atomic E-state index is 9.14. The molecule has 31 heavy (non-hydrogen) atoms. The molecule has 2 heterocycles. The Morgan fingerprint density at radius 3 is 1.61 bits per heavy atom. The number of nitrogens with zero attached hydrogens (tertiary/aromatic N) is 1. The molecule has 2 saturated heterocycles. The summed E-state index contributed by atoms with van der Waals surface area (Å²) in [4.78, 5) is 2.60. The lowest BCUT2D eigenvalue weighted by atomic mass is 9.90. The van der Waals surface area contributed by atoms with Crippen molar-refractivity contribution in [2.45, 2.75) is 44.6 Å². The fourth-order valence-electron chi connectivity index (χ4n) is 4.92. The van der Waals surface area contributed by atoms with E-state index in [2.05, 4.69) is 70.9 Å². The second kappa shape index (κ2) is 13.6. The third-order valence-corrected chi connectivity index (χ3v) is 6.78. The summed E-state index contributed by atoms with van der Waals surface area (Å²) in [7, 11) is 0. The minimum atomic E-state index is 0.325. The lowest BCUT2D eigenvalue weighted by molar-refractivity contribution is 0.134. The van der Waals surface area contributed by atoms with Crippen molar-refractivity contribution in [3.05, 3.63) is 71.8 Å². The number of benzene rings is 2. The van der Waals surface area contributed by atoms with Crippen LogP contribution >= 0.6 is 0 Å². The van der Waals surface area contributed by atoms with Crippen LogP contribution in [-0.4, -0.2) is 54.5 Å². The van der Waals surface area contributed by atoms with Gasteiger partial charge in [-0.2, -0.15) is 0 Å². The maximum atomic E-state index is 9.14. The molecule has 0 spiro atoms. The largest absolute Gasteiger partial charge is 0.396 e. The van der Waals surface area contributed by atoms with Gasteiger partial charge in [-0.3, -0.25) is 4.90 Å². The van der Waals surface area contributed by atoms with E-state index in [0.717, 1.165) is 44.9 Å². The summed E-state index contributed by atoms with van der Waals surface area (Å²) in [6.07, 6.45) is 6.84. The summed E-state index contributed by atoms with van der Waals surface area (Å²) in [5.74, 6) is 1.48. The van der Waals surface area contributed by atoms with Gasteiger partial charge in [0.05, 0.1) is 6.04 Å². The van der Waals surface area contributed by atoms with E-state index in [0.29, 0.717) is 25.2 Å². The Morgan fingerprint density at radius 2 is 1.16 bits per heavy atom. The van der Waals surface area contributed by atoms with Crippen LogP contribution in [0.15, 0.2) is 60.7 Å². The Bertz CT molecular complexity index is 653. The summed E-state index contributed by atoms with van der Waals surface area (Å²) in [5, 5.41) is 21.0. The summed E-state index contributed by atoms with van der Waals surface area (Å²) >= 11 is 0. The monoisotopic (exact) mass is 424 g/mol. The smallest absolute Gasteiger partial charge is 0.0601 e. The van der Waals surface area contributed by atoms with E-state index in [1.807, 2.05) is 0 Å². The van der Waals surface area contributed by atoms with Crippen molar-refractivity contribution in [1.29, 1.82) is 0 Å². The molecule has 0 aromatic heterocycles. The molecule has 2 aliphatic rings. The molecule has 170 valence electrons. The summed E-state index contributed by atoms with van der Waals surface area (Å²) < 4.78 is 0. The number of aliphatic hydroxyl groups excluding tert-OH is 2. The molecular weight excluding hydrogens is 384 g/mol. The van der Waals surface area contributed by atoms with Crippen LogP contribution in [0.25, 0.3) is 0 Å². The number of hydrogen-bond acceptors (Lipinski definition) is 4. The second-order valence-electron chi connectivity index (χ2n) is 8.92. The fourth-order valence-corrected chi connectivity index (χ4v) is 4.92. The Kier molecular flexibility index (Phi) is 10.5. The highest BCUT2D eigenvalue weighted by Crippen LogP contribution is 2.32. The summed E-state index contributed by atoms with van der Waals surface area (Å²) in [5.41, 5.74) is 2.74. The molecule has 0 atom stereocenters. The number of nitrogens with one attached hydrogen (secondary N) is 1. The molecule has 0 saturated carbocycles. The van der Waals surface area contributed by atoms with Crippen molar-refractivity contribution in [2.75, 3.05) is 39.4 Å². The zero-order valence-corrected chi connectivity index (χ0v) is 18.8. The molecule has 0 unspecified atom stereocenters. The van der Waals surface area contributed by atoms with Crippen LogP contribution in [-0.2, 0) is 0 Å². The SMILES string of the molecule is OCCC1CCN(C(c2ccccc2)c2ccccc2)CC1.OCCC1CCNCC1. The molecule has 0 aliphatic carbocycles. The molecule has 4 nitrogen and oxygen atoms in total. The van der Waals surface area contributed by atoms with Crippen molar-refractivity contribution in [3.8, 4) is 0 Å². The normalized spacial score (nSPS) is 18.5. The number of aliphatic hydroxyl groups is 2. The highest BCUT2D eigenvalue weighted by Gasteiger charge is 2.26. The van der Waals surface area contributed by atoms with Crippen LogP contribution in [0.4, 0.5) is 0 Å². The summed E-state index contributed by atoms with van der Waals surface area (Å²) in [6, 6.07) is 22.0. The molecule has 4 rings (SSSR count). The Hall–Kier alpha value is -1.72. The topological polar surface area (TPSA) is 55.7 Å². The number of likely N-dealkylation sites (tertiary alicyclic amines) is 1. The van der Waals surface area contributed by atoms with Crippen molar-refractivity contribution in [2.24, 2.45) is 11.8 Å². The molecule has 0 amide bonds. The molecule has 2 aliphatic heterocycles. The molecule has 2 aromatic carbocycles. The van der Waals surface area contributed by atoms with Gasteiger partial charge in [-0.1, -0.05) is 60.7 Å². The highest BCUT2D eigenvalue weighted by molar-refractivity contribution is 5.31. The first-order valence-electron chi connectivity index (χ1n) is 12.1. The van der Waals surface area contributed by atoms with Crippen molar-refractivity contribution < 1.29 is 10.2 Å². The minimum Gasteiger partial charge on any atom is -0.396 e. The summed E-state index contributed by atoms with van der Waals surface area (Å²) in [6.45, 7) is 5.20. The third kappa shape index (κ3) is 7.73. The van der Waals surface area contributed by atoms with Crippen LogP contribution < -0.4 is 5.32 Å². The first-order valence-corrected chi connectivity index (χ1v) is 12.1. The predicted molar refractivity (Wildman–Crippen MR) is 128 cm³/mol. The van der Waals surface area contributed by atoms with E-state index in [9.17, 15) is 0 Å². The van der Waals surface area contributed by atoms with E-state index in [4.69, 9.17) is 10.2 Å². The molecule has 2 aromatic rings. The Balaban J connectivity index is 0.000000254. The van der Waals surface area contributed by atoms with Crippen LogP contribution in [0.1, 0.15) is 55.7 Å². The van der Waals surface area contributed by atoms with E-state index >= 15 is 0 Å². The maximum Gasteiger partial charge on any atom is 0.0601 e. The van der Waals surface area contributed by atoms with Crippen LogP contribution in [0, 0.1) is 11.8 Å². The number of hydrogen-bond donors (Lipinski definition) is 3. The molecule has 0 radical (unpaired) electrons. The van der Waals surface area contributed by atoms with Gasteiger partial charge < -0.3 is 15.5 Å². The zero-order chi connectivity index (χ0) is 21.7. The minimum absolute atomic E-state index is 0.325. The van der Waals surface area contributed by atoms with E-state index in [1.165, 1.54) is 36.8 Å². The quantitative estimate of drug-likeness (QED) is 0.622. The fraction of sp³-hybridized carbons (Fsp3) is 0.556. The molecule has 2 fully saturated rings. The Labute approximate surface area is 188 Å². The predicted octanol–water partition coefficient (Wildman–Crippen LogP) is 4.24. The van der Waals surface area contributed by atoms with Gasteiger partial charge in [0.15, 0.2) is 0 Å². The van der Waals surface area contributed by atoms with Crippen molar-refractivity contribution >= 4 is 0 Å². The first kappa shape index (κ1) is 23.9. The zero-order valence-electron chi connectivity index (χ0n) is 18.8. The molecule has 4 heteroatoms. The average Bonchev–Trinajstić information content (AvgIpc) is 2.83. The lowest BCUT2D eigenvalue weighted by Crippen LogP contribution is -2.37. The molecule has 0 bridgehead atoms. The standard InChI is InChI=1S/C20H25NO.C7H15NO/c22-16-13-17-11-14-21(15-12-17)20(18-7-3-1-4-8-18)19-9-5-2-6-10-19;9-6-3-7-1-4-8-5-2-7/h1-10,17,20,22H,11-16H2;7-9H,1-6H2. The van der Waals surface area contributed by atoms with Gasteiger partial charge >= 0.3 is 0 Å². The van der Waals surface area contributed by atoms with Gasteiger partial charge in [0.25, 0.3) is 0 Å². The van der Waals surface area contributed by atoms with Crippen LogP contribution in [0.2, 0.25) is 0 Å². The van der Waals surface area contributed by atoms with E-state index in [-0.39, 0.29) is 0 Å². The molecular formula is C27H40N2O2. The van der Waals surface area contributed by atoms with Crippen LogP contribution in [0.5, 0.6) is 0 Å². The highest BCUT2D eigenvalue weighted by atomic mass is 16.3. The van der Waals surface area contributed by atoms with Crippen LogP contribution in [0.3, 0.4) is 0 Å². The van der Waals surface area contributed by atoms with Gasteiger partial charge in [0.1, 0.15) is 0 Å². The first-order chi connectivity index (χ1) is 15.3.